The molecule has 2 aromatic rings. The highest BCUT2D eigenvalue weighted by molar-refractivity contribution is 5.98. The van der Waals surface area contributed by atoms with Gasteiger partial charge in [-0.15, -0.1) is 0 Å². The van der Waals surface area contributed by atoms with Gasteiger partial charge in [0.2, 0.25) is 5.91 Å². The lowest BCUT2D eigenvalue weighted by atomic mass is 9.83. The fourth-order valence-corrected chi connectivity index (χ4v) is 4.58. The molecule has 1 aliphatic heterocycles. The van der Waals surface area contributed by atoms with Crippen LogP contribution in [0.5, 0.6) is 5.75 Å². The van der Waals surface area contributed by atoms with Gasteiger partial charge in [-0.05, 0) is 55.4 Å². The van der Waals surface area contributed by atoms with Gasteiger partial charge in [-0.2, -0.15) is 0 Å². The number of carbonyl (C=O) groups excluding carboxylic acids is 2. The number of nitrogens with one attached hydrogen (secondary N) is 1. The van der Waals surface area contributed by atoms with Crippen LogP contribution in [-0.4, -0.2) is 42.2 Å². The van der Waals surface area contributed by atoms with Crippen molar-refractivity contribution in [3.63, 3.8) is 0 Å². The number of nitrogens with zero attached hydrogens (tertiary/aromatic N) is 1. The van der Waals surface area contributed by atoms with Crippen LogP contribution in [0.2, 0.25) is 0 Å². The maximum absolute atomic E-state index is 13.7. The van der Waals surface area contributed by atoms with Crippen LogP contribution >= 0.6 is 0 Å². The van der Waals surface area contributed by atoms with Crippen LogP contribution in [0.25, 0.3) is 0 Å². The van der Waals surface area contributed by atoms with Crippen LogP contribution in [0.15, 0.2) is 54.6 Å². The molecule has 0 aromatic heterocycles. The number of hydrogen-bond acceptors (Lipinski definition) is 4. The summed E-state index contributed by atoms with van der Waals surface area (Å²) in [6, 6.07) is 16.2. The molecule has 2 amide bonds. The number of methoxy groups -OCH3 is 1. The van der Waals surface area contributed by atoms with E-state index in [1.165, 1.54) is 0 Å². The first-order chi connectivity index (χ1) is 15.0. The molecule has 1 N–H and O–H groups in total. The van der Waals surface area contributed by atoms with Crippen molar-refractivity contribution >= 4 is 11.8 Å². The van der Waals surface area contributed by atoms with E-state index in [-0.39, 0.29) is 18.4 Å². The first-order valence-corrected chi connectivity index (χ1v) is 11.0. The molecule has 1 aliphatic carbocycles. The topological polar surface area (TPSA) is 67.9 Å². The summed E-state index contributed by atoms with van der Waals surface area (Å²) in [4.78, 5) is 28.5. The number of ether oxygens (including phenoxy) is 2. The number of hydrogen-bond donors (Lipinski definition) is 1. The average Bonchev–Trinajstić information content (AvgIpc) is 3.18. The average molecular weight is 423 g/mol. The molecule has 1 spiro atoms. The Morgan fingerprint density at radius 3 is 2.58 bits per heavy atom. The summed E-state index contributed by atoms with van der Waals surface area (Å²) in [6.07, 6.45) is 3.43. The largest absolute Gasteiger partial charge is 0.497 e. The smallest absolute Gasteiger partial charge is 0.257 e. The molecular formula is C25H30N2O4. The summed E-state index contributed by atoms with van der Waals surface area (Å²) in [5.41, 5.74) is 0.798. The number of carbonyl (C=O) groups is 2. The summed E-state index contributed by atoms with van der Waals surface area (Å²) in [7, 11) is 1.58. The van der Waals surface area contributed by atoms with Crippen LogP contribution in [0.3, 0.4) is 0 Å². The Bertz CT molecular complexity index is 922. The Morgan fingerprint density at radius 2 is 1.87 bits per heavy atom. The van der Waals surface area contributed by atoms with Gasteiger partial charge in [0, 0.05) is 12.1 Å². The maximum Gasteiger partial charge on any atom is 0.257 e. The van der Waals surface area contributed by atoms with Crippen molar-refractivity contribution in [3.05, 3.63) is 65.7 Å². The third-order valence-electron chi connectivity index (χ3n) is 6.46. The standard InChI is InChI=1S/C25H30N2O4/c1-18-11-13-25(14-12-18)27(24(29)20-9-6-10-21(15-20)30-2)22(17-31-25)23(28)26-16-19-7-4-3-5-8-19/h3-10,15,18,22H,11-14,16-17H2,1-2H3,(H,26,28)/t18?,22-,25?/m0/s1. The normalized spacial score (nSPS) is 25.4. The Labute approximate surface area is 183 Å². The second-order valence-corrected chi connectivity index (χ2v) is 8.57. The Hall–Kier alpha value is -2.86. The summed E-state index contributed by atoms with van der Waals surface area (Å²) in [6.45, 7) is 2.85. The Balaban J connectivity index is 1.59. The van der Waals surface area contributed by atoms with Crippen molar-refractivity contribution in [2.45, 2.75) is 50.9 Å². The molecule has 0 unspecified atom stereocenters. The van der Waals surface area contributed by atoms with Gasteiger partial charge >= 0.3 is 0 Å². The van der Waals surface area contributed by atoms with Crippen molar-refractivity contribution in [3.8, 4) is 5.75 Å². The summed E-state index contributed by atoms with van der Waals surface area (Å²) in [5, 5.41) is 2.99. The molecule has 2 fully saturated rings. The molecule has 1 saturated carbocycles. The van der Waals surface area contributed by atoms with E-state index in [1.807, 2.05) is 30.3 Å². The molecule has 1 saturated heterocycles. The van der Waals surface area contributed by atoms with Gasteiger partial charge in [-0.25, -0.2) is 0 Å². The monoisotopic (exact) mass is 422 g/mol. The number of rotatable bonds is 5. The van der Waals surface area contributed by atoms with Crippen molar-refractivity contribution in [2.75, 3.05) is 13.7 Å². The van der Waals surface area contributed by atoms with E-state index in [2.05, 4.69) is 12.2 Å². The quantitative estimate of drug-likeness (QED) is 0.797. The van der Waals surface area contributed by atoms with E-state index in [1.54, 1.807) is 36.3 Å². The third kappa shape index (κ3) is 4.44. The van der Waals surface area contributed by atoms with Crippen LogP contribution in [0.1, 0.15) is 48.5 Å². The second-order valence-electron chi connectivity index (χ2n) is 8.57. The molecule has 4 rings (SSSR count). The molecule has 2 aromatic carbocycles. The molecule has 0 bridgehead atoms. The Morgan fingerprint density at radius 1 is 1.13 bits per heavy atom. The predicted octanol–water partition coefficient (Wildman–Crippen LogP) is 3.76. The van der Waals surface area contributed by atoms with Gasteiger partial charge in [0.1, 0.15) is 17.5 Å². The Kier molecular flexibility index (Phi) is 6.28. The SMILES string of the molecule is COc1cccc(C(=O)N2[C@H](C(=O)NCc3ccccc3)COC23CCC(C)CC3)c1. The fraction of sp³-hybridized carbons (Fsp3) is 0.440. The van der Waals surface area contributed by atoms with Gasteiger partial charge in [-0.1, -0.05) is 43.3 Å². The zero-order valence-electron chi connectivity index (χ0n) is 18.2. The summed E-state index contributed by atoms with van der Waals surface area (Å²) >= 11 is 0. The van der Waals surface area contributed by atoms with Gasteiger partial charge in [0.15, 0.2) is 0 Å². The minimum Gasteiger partial charge on any atom is -0.497 e. The molecule has 1 atom stereocenters. The minimum atomic E-state index is -0.721. The predicted molar refractivity (Wildman–Crippen MR) is 118 cm³/mol. The highest BCUT2D eigenvalue weighted by Crippen LogP contribution is 2.43. The molecule has 2 aliphatic rings. The molecule has 6 heteroatoms. The van der Waals surface area contributed by atoms with Gasteiger partial charge in [0.25, 0.3) is 5.91 Å². The van der Waals surface area contributed by atoms with Crippen LogP contribution in [0.4, 0.5) is 0 Å². The van der Waals surface area contributed by atoms with Gasteiger partial charge < -0.3 is 14.8 Å². The van der Waals surface area contributed by atoms with E-state index in [9.17, 15) is 9.59 Å². The van der Waals surface area contributed by atoms with Crippen molar-refractivity contribution in [1.82, 2.24) is 10.2 Å². The van der Waals surface area contributed by atoms with E-state index in [0.717, 1.165) is 31.2 Å². The van der Waals surface area contributed by atoms with Gasteiger partial charge in [-0.3, -0.25) is 14.5 Å². The molecule has 31 heavy (non-hydrogen) atoms. The van der Waals surface area contributed by atoms with Crippen molar-refractivity contribution in [1.29, 1.82) is 0 Å². The van der Waals surface area contributed by atoms with E-state index in [0.29, 0.717) is 23.8 Å². The first kappa shape index (κ1) is 21.4. The number of benzene rings is 2. The zero-order valence-corrected chi connectivity index (χ0v) is 18.2. The summed E-state index contributed by atoms with van der Waals surface area (Å²) in [5.74, 6) is 0.831. The fourth-order valence-electron chi connectivity index (χ4n) is 4.58. The lowest BCUT2D eigenvalue weighted by molar-refractivity contribution is -0.128. The van der Waals surface area contributed by atoms with Crippen LogP contribution < -0.4 is 10.1 Å². The number of amides is 2. The summed E-state index contributed by atoms with van der Waals surface area (Å²) < 4.78 is 11.5. The highest BCUT2D eigenvalue weighted by atomic mass is 16.5. The van der Waals surface area contributed by atoms with E-state index < -0.39 is 11.8 Å². The van der Waals surface area contributed by atoms with E-state index in [4.69, 9.17) is 9.47 Å². The maximum atomic E-state index is 13.7. The zero-order chi connectivity index (χ0) is 21.8. The van der Waals surface area contributed by atoms with Crippen LogP contribution in [-0.2, 0) is 16.1 Å². The molecule has 1 heterocycles. The van der Waals surface area contributed by atoms with Crippen LogP contribution in [0, 0.1) is 5.92 Å². The lowest BCUT2D eigenvalue weighted by Crippen LogP contribution is -2.56. The molecular weight excluding hydrogens is 392 g/mol. The molecule has 0 radical (unpaired) electrons. The third-order valence-corrected chi connectivity index (χ3v) is 6.46. The van der Waals surface area contributed by atoms with Crippen molar-refractivity contribution in [2.24, 2.45) is 5.92 Å². The second kappa shape index (κ2) is 9.10. The van der Waals surface area contributed by atoms with Crippen molar-refractivity contribution < 1.29 is 19.1 Å². The molecule has 6 nitrogen and oxygen atoms in total. The van der Waals surface area contributed by atoms with Gasteiger partial charge in [0.05, 0.1) is 13.7 Å². The first-order valence-electron chi connectivity index (χ1n) is 11.0. The lowest BCUT2D eigenvalue weighted by Gasteiger charge is -2.43. The highest BCUT2D eigenvalue weighted by Gasteiger charge is 2.53. The minimum absolute atomic E-state index is 0.185. The molecule has 164 valence electrons. The van der Waals surface area contributed by atoms with E-state index >= 15 is 0 Å².